The number of hydrogen-bond donors (Lipinski definition) is 2. The Balaban J connectivity index is 1.49. The maximum atomic E-state index is 13.4. The van der Waals surface area contributed by atoms with Gasteiger partial charge in [-0.1, -0.05) is 24.3 Å². The number of guanidine groups is 1. The lowest BCUT2D eigenvalue weighted by Gasteiger charge is -2.28. The molecule has 3 aromatic rings. The molecule has 0 radical (unpaired) electrons. The zero-order valence-electron chi connectivity index (χ0n) is 18.7. The van der Waals surface area contributed by atoms with Crippen LogP contribution in [0.5, 0.6) is 5.75 Å². The van der Waals surface area contributed by atoms with Crippen LogP contribution in [0.25, 0.3) is 0 Å². The molecule has 0 aliphatic carbocycles. The first-order valence-corrected chi connectivity index (χ1v) is 10.9. The zero-order valence-corrected chi connectivity index (χ0v) is 18.7. The predicted molar refractivity (Wildman–Crippen MR) is 122 cm³/mol. The second kappa shape index (κ2) is 9.80. The van der Waals surface area contributed by atoms with E-state index in [0.717, 1.165) is 46.9 Å². The van der Waals surface area contributed by atoms with E-state index in [9.17, 15) is 4.39 Å². The van der Waals surface area contributed by atoms with Crippen LogP contribution in [-0.2, 0) is 20.0 Å². The van der Waals surface area contributed by atoms with E-state index in [1.54, 1.807) is 6.07 Å². The molecule has 0 bridgehead atoms. The van der Waals surface area contributed by atoms with Gasteiger partial charge in [0, 0.05) is 25.6 Å². The summed E-state index contributed by atoms with van der Waals surface area (Å²) in [6.45, 7) is 5.58. The normalized spacial score (nSPS) is 15.8. The van der Waals surface area contributed by atoms with Gasteiger partial charge in [0.05, 0.1) is 12.6 Å². The number of aryl methyl sites for hydroxylation is 2. The number of aliphatic imine (C=N–C) groups is 1. The van der Waals surface area contributed by atoms with Crippen molar-refractivity contribution in [2.75, 3.05) is 13.2 Å². The molecule has 1 aliphatic rings. The van der Waals surface area contributed by atoms with Crippen LogP contribution >= 0.6 is 0 Å². The molecular formula is C24H29FN6O. The highest BCUT2D eigenvalue weighted by atomic mass is 19.1. The van der Waals surface area contributed by atoms with E-state index in [-0.39, 0.29) is 11.9 Å². The van der Waals surface area contributed by atoms with Crippen LogP contribution in [0.3, 0.4) is 0 Å². The Hall–Kier alpha value is -3.42. The van der Waals surface area contributed by atoms with E-state index in [0.29, 0.717) is 25.7 Å². The van der Waals surface area contributed by atoms with Crippen molar-refractivity contribution in [3.8, 4) is 5.75 Å². The number of halogens is 1. The predicted octanol–water partition coefficient (Wildman–Crippen LogP) is 3.37. The number of benzene rings is 2. The number of nitrogens with one attached hydrogen (secondary N) is 2. The topological polar surface area (TPSA) is 76.4 Å². The van der Waals surface area contributed by atoms with Crippen molar-refractivity contribution in [3.63, 3.8) is 0 Å². The van der Waals surface area contributed by atoms with E-state index in [4.69, 9.17) is 9.73 Å². The minimum Gasteiger partial charge on any atom is -0.493 e. The third-order valence-electron chi connectivity index (χ3n) is 5.82. The molecule has 1 aliphatic heterocycles. The second-order valence-corrected chi connectivity index (χ2v) is 8.01. The lowest BCUT2D eigenvalue weighted by atomic mass is 10.0. The van der Waals surface area contributed by atoms with Crippen molar-refractivity contribution in [3.05, 3.63) is 76.6 Å². The fraction of sp³-hybridized carbons (Fsp3) is 0.375. The summed E-state index contributed by atoms with van der Waals surface area (Å²) in [5, 5.41) is 15.3. The van der Waals surface area contributed by atoms with Crippen LogP contribution in [0.4, 0.5) is 4.39 Å². The van der Waals surface area contributed by atoms with E-state index in [2.05, 4.69) is 26.9 Å². The van der Waals surface area contributed by atoms with Gasteiger partial charge < -0.3 is 19.9 Å². The average Bonchev–Trinajstić information content (AvgIpc) is 3.11. The number of aromatic nitrogens is 3. The molecule has 0 saturated carbocycles. The molecule has 4 rings (SSSR count). The van der Waals surface area contributed by atoms with Gasteiger partial charge >= 0.3 is 0 Å². The second-order valence-electron chi connectivity index (χ2n) is 8.01. The molecule has 1 aromatic heterocycles. The molecule has 0 saturated heterocycles. The molecule has 2 heterocycles. The molecule has 2 aromatic carbocycles. The first kappa shape index (κ1) is 21.8. The number of para-hydroxylation sites is 1. The Morgan fingerprint density at radius 2 is 2.06 bits per heavy atom. The molecule has 1 atom stereocenters. The molecular weight excluding hydrogens is 407 g/mol. The Morgan fingerprint density at radius 3 is 2.84 bits per heavy atom. The number of ether oxygens (including phenoxy) is 1. The van der Waals surface area contributed by atoms with Gasteiger partial charge in [-0.15, -0.1) is 10.2 Å². The van der Waals surface area contributed by atoms with Crippen LogP contribution in [0, 0.1) is 19.7 Å². The van der Waals surface area contributed by atoms with Gasteiger partial charge in [0.15, 0.2) is 11.8 Å². The van der Waals surface area contributed by atoms with Crippen LogP contribution in [-0.4, -0.2) is 33.9 Å². The Morgan fingerprint density at radius 1 is 1.22 bits per heavy atom. The fourth-order valence-electron chi connectivity index (χ4n) is 3.80. The summed E-state index contributed by atoms with van der Waals surface area (Å²) < 4.78 is 21.1. The molecule has 0 spiro atoms. The van der Waals surface area contributed by atoms with Crippen molar-refractivity contribution < 1.29 is 9.13 Å². The molecule has 32 heavy (non-hydrogen) atoms. The third-order valence-corrected chi connectivity index (χ3v) is 5.82. The Labute approximate surface area is 187 Å². The first-order chi connectivity index (χ1) is 15.5. The minimum atomic E-state index is -0.208. The van der Waals surface area contributed by atoms with Crippen LogP contribution in [0.2, 0.25) is 0 Å². The van der Waals surface area contributed by atoms with Crippen LogP contribution in [0.1, 0.15) is 40.8 Å². The SMILES string of the molecule is Cc1cc(F)ccc1CCNC(=NCc1nnc(C)n1C)NC1CCOc2ccccc21. The van der Waals surface area contributed by atoms with Crippen LogP contribution < -0.4 is 15.4 Å². The van der Waals surface area contributed by atoms with Crippen molar-refractivity contribution >= 4 is 5.96 Å². The van der Waals surface area contributed by atoms with Gasteiger partial charge in [0.2, 0.25) is 0 Å². The quantitative estimate of drug-likeness (QED) is 0.458. The minimum absolute atomic E-state index is 0.0972. The fourth-order valence-corrected chi connectivity index (χ4v) is 3.80. The van der Waals surface area contributed by atoms with Crippen molar-refractivity contribution in [1.82, 2.24) is 25.4 Å². The number of hydrogen-bond acceptors (Lipinski definition) is 4. The summed E-state index contributed by atoms with van der Waals surface area (Å²) in [7, 11) is 1.94. The van der Waals surface area contributed by atoms with Crippen LogP contribution in [0.15, 0.2) is 47.5 Å². The maximum absolute atomic E-state index is 13.4. The summed E-state index contributed by atoms with van der Waals surface area (Å²) in [5.41, 5.74) is 3.18. The molecule has 0 fully saturated rings. The third kappa shape index (κ3) is 5.07. The standard InChI is InChI=1S/C24H29FN6O/c1-16-14-19(25)9-8-18(16)10-12-26-24(27-15-23-30-29-17(2)31(23)3)28-21-11-13-32-22-7-5-4-6-20(21)22/h4-9,14,21H,10-13,15H2,1-3H3,(H2,26,27,28). The van der Waals surface area contributed by atoms with E-state index in [1.807, 2.05) is 49.7 Å². The lowest BCUT2D eigenvalue weighted by Crippen LogP contribution is -2.42. The molecule has 0 amide bonds. The van der Waals surface area contributed by atoms with Gasteiger partial charge in [-0.3, -0.25) is 0 Å². The lowest BCUT2D eigenvalue weighted by molar-refractivity contribution is 0.261. The van der Waals surface area contributed by atoms with Crippen molar-refractivity contribution in [2.45, 2.75) is 39.3 Å². The highest BCUT2D eigenvalue weighted by molar-refractivity contribution is 5.80. The first-order valence-electron chi connectivity index (χ1n) is 10.9. The molecule has 168 valence electrons. The van der Waals surface area contributed by atoms with Gasteiger partial charge in [-0.2, -0.15) is 0 Å². The van der Waals surface area contributed by atoms with E-state index < -0.39 is 0 Å². The Kier molecular flexibility index (Phi) is 6.68. The number of fused-ring (bicyclic) bond motifs is 1. The summed E-state index contributed by atoms with van der Waals surface area (Å²) in [6, 6.07) is 13.1. The smallest absolute Gasteiger partial charge is 0.192 e. The van der Waals surface area contributed by atoms with Gasteiger partial charge in [0.1, 0.15) is 23.9 Å². The summed E-state index contributed by atoms with van der Waals surface area (Å²) >= 11 is 0. The van der Waals surface area contributed by atoms with Crippen molar-refractivity contribution in [2.24, 2.45) is 12.0 Å². The van der Waals surface area contributed by atoms with Gasteiger partial charge in [-0.25, -0.2) is 9.38 Å². The highest BCUT2D eigenvalue weighted by Gasteiger charge is 2.22. The zero-order chi connectivity index (χ0) is 22.5. The molecule has 8 heteroatoms. The number of nitrogens with zero attached hydrogens (tertiary/aromatic N) is 4. The molecule has 2 N–H and O–H groups in total. The maximum Gasteiger partial charge on any atom is 0.192 e. The summed E-state index contributed by atoms with van der Waals surface area (Å²) in [6.07, 6.45) is 1.61. The average molecular weight is 437 g/mol. The molecule has 1 unspecified atom stereocenters. The summed E-state index contributed by atoms with van der Waals surface area (Å²) in [5.74, 6) is 3.04. The monoisotopic (exact) mass is 436 g/mol. The van der Waals surface area contributed by atoms with E-state index >= 15 is 0 Å². The highest BCUT2D eigenvalue weighted by Crippen LogP contribution is 2.31. The molecule has 7 nitrogen and oxygen atoms in total. The largest absolute Gasteiger partial charge is 0.493 e. The van der Waals surface area contributed by atoms with E-state index in [1.165, 1.54) is 6.07 Å². The van der Waals surface area contributed by atoms with Crippen molar-refractivity contribution in [1.29, 1.82) is 0 Å². The summed E-state index contributed by atoms with van der Waals surface area (Å²) in [4.78, 5) is 4.77. The van der Waals surface area contributed by atoms with Gasteiger partial charge in [0.25, 0.3) is 0 Å². The Bertz CT molecular complexity index is 1110. The number of rotatable bonds is 6. The van der Waals surface area contributed by atoms with Gasteiger partial charge in [-0.05, 0) is 49.6 Å².